The molecule has 1 amide bonds. The Balaban J connectivity index is 2.13. The third kappa shape index (κ3) is 3.61. The molecular formula is C14H15Br2NO3. The highest BCUT2D eigenvalue weighted by atomic mass is 79.9. The Kier molecular flexibility index (Phi) is 5.21. The Labute approximate surface area is 134 Å². The number of carboxylic acid groups (broad SMARTS) is 1. The van der Waals surface area contributed by atoms with Gasteiger partial charge in [0, 0.05) is 15.0 Å². The van der Waals surface area contributed by atoms with Crippen molar-refractivity contribution in [1.29, 1.82) is 0 Å². The van der Waals surface area contributed by atoms with Gasteiger partial charge in [0.05, 0.1) is 11.5 Å². The van der Waals surface area contributed by atoms with Crippen molar-refractivity contribution in [3.63, 3.8) is 0 Å². The number of carbonyl (C=O) groups excluding carboxylic acids is 1. The lowest BCUT2D eigenvalue weighted by molar-refractivity contribution is -0.143. The van der Waals surface area contributed by atoms with E-state index in [4.69, 9.17) is 0 Å². The number of hydrogen-bond acceptors (Lipinski definition) is 2. The maximum absolute atomic E-state index is 12.3. The zero-order chi connectivity index (χ0) is 14.7. The number of benzene rings is 1. The van der Waals surface area contributed by atoms with Gasteiger partial charge in [-0.05, 0) is 47.0 Å². The maximum atomic E-state index is 12.3. The van der Waals surface area contributed by atoms with Crippen LogP contribution in [-0.4, -0.2) is 23.0 Å². The van der Waals surface area contributed by atoms with Gasteiger partial charge < -0.3 is 10.4 Å². The minimum absolute atomic E-state index is 0.240. The van der Waals surface area contributed by atoms with E-state index in [0.717, 1.165) is 17.3 Å². The highest BCUT2D eigenvalue weighted by Gasteiger charge is 2.32. The van der Waals surface area contributed by atoms with Crippen LogP contribution in [0.5, 0.6) is 0 Å². The van der Waals surface area contributed by atoms with Gasteiger partial charge in [0.25, 0.3) is 5.91 Å². The molecule has 6 heteroatoms. The van der Waals surface area contributed by atoms with E-state index in [1.54, 1.807) is 12.1 Å². The van der Waals surface area contributed by atoms with E-state index in [1.807, 2.05) is 6.07 Å². The second-order valence-corrected chi connectivity index (χ2v) is 6.70. The topological polar surface area (TPSA) is 66.4 Å². The fourth-order valence-corrected chi connectivity index (χ4v) is 3.30. The normalized spacial score (nSPS) is 22.3. The Hall–Kier alpha value is -0.880. The minimum Gasteiger partial charge on any atom is -0.481 e. The average molecular weight is 405 g/mol. The highest BCUT2D eigenvalue weighted by molar-refractivity contribution is 9.11. The quantitative estimate of drug-likeness (QED) is 0.808. The van der Waals surface area contributed by atoms with E-state index in [1.165, 1.54) is 0 Å². The predicted molar refractivity (Wildman–Crippen MR) is 82.7 cm³/mol. The van der Waals surface area contributed by atoms with Crippen LogP contribution in [0.4, 0.5) is 0 Å². The van der Waals surface area contributed by atoms with Gasteiger partial charge in [-0.2, -0.15) is 0 Å². The Morgan fingerprint density at radius 1 is 1.20 bits per heavy atom. The molecule has 0 radical (unpaired) electrons. The number of carboxylic acids is 1. The van der Waals surface area contributed by atoms with Crippen LogP contribution in [0, 0.1) is 5.92 Å². The average Bonchev–Trinajstić information content (AvgIpc) is 2.41. The smallest absolute Gasteiger partial charge is 0.308 e. The molecule has 2 rings (SSSR count). The molecule has 1 saturated carbocycles. The molecule has 0 bridgehead atoms. The molecule has 2 N–H and O–H groups in total. The summed E-state index contributed by atoms with van der Waals surface area (Å²) in [4.78, 5) is 23.5. The van der Waals surface area contributed by atoms with Gasteiger partial charge in [-0.15, -0.1) is 0 Å². The third-order valence-electron chi connectivity index (χ3n) is 3.57. The largest absolute Gasteiger partial charge is 0.481 e. The van der Waals surface area contributed by atoms with E-state index in [9.17, 15) is 14.7 Å². The fourth-order valence-electron chi connectivity index (χ4n) is 2.52. The standard InChI is InChI=1S/C14H15Br2NO3/c15-8-5-6-11(16)10(7-8)13(18)17-12-4-2-1-3-9(12)14(19)20/h5-7,9,12H,1-4H2,(H,17,18)(H,19,20). The number of carbonyl (C=O) groups is 2. The number of rotatable bonds is 3. The Morgan fingerprint density at radius 2 is 1.90 bits per heavy atom. The molecule has 1 fully saturated rings. The van der Waals surface area contributed by atoms with Crippen molar-refractivity contribution in [3.05, 3.63) is 32.7 Å². The molecule has 0 aromatic heterocycles. The van der Waals surface area contributed by atoms with E-state index >= 15 is 0 Å². The molecule has 0 aliphatic heterocycles. The molecule has 2 atom stereocenters. The van der Waals surface area contributed by atoms with Crippen LogP contribution in [-0.2, 0) is 4.79 Å². The summed E-state index contributed by atoms with van der Waals surface area (Å²) in [6.45, 7) is 0. The molecule has 20 heavy (non-hydrogen) atoms. The molecule has 0 heterocycles. The van der Waals surface area contributed by atoms with Crippen LogP contribution in [0.3, 0.4) is 0 Å². The van der Waals surface area contributed by atoms with Crippen molar-refractivity contribution in [3.8, 4) is 0 Å². The number of amides is 1. The van der Waals surface area contributed by atoms with Crippen molar-refractivity contribution >= 4 is 43.7 Å². The molecule has 1 aliphatic carbocycles. The van der Waals surface area contributed by atoms with Crippen LogP contribution < -0.4 is 5.32 Å². The summed E-state index contributed by atoms with van der Waals surface area (Å²) in [5.41, 5.74) is 0.508. The summed E-state index contributed by atoms with van der Waals surface area (Å²) in [7, 11) is 0. The van der Waals surface area contributed by atoms with Crippen molar-refractivity contribution in [1.82, 2.24) is 5.32 Å². The van der Waals surface area contributed by atoms with E-state index in [0.29, 0.717) is 22.9 Å². The van der Waals surface area contributed by atoms with Gasteiger partial charge in [-0.1, -0.05) is 28.8 Å². The molecule has 1 aromatic carbocycles. The van der Waals surface area contributed by atoms with Crippen molar-refractivity contribution < 1.29 is 14.7 Å². The lowest BCUT2D eigenvalue weighted by Gasteiger charge is -2.29. The number of aliphatic carboxylic acids is 1. The van der Waals surface area contributed by atoms with Gasteiger partial charge in [0.15, 0.2) is 0 Å². The lowest BCUT2D eigenvalue weighted by atomic mass is 9.84. The van der Waals surface area contributed by atoms with Crippen molar-refractivity contribution in [2.45, 2.75) is 31.7 Å². The van der Waals surface area contributed by atoms with Gasteiger partial charge in [-0.3, -0.25) is 9.59 Å². The first-order chi connectivity index (χ1) is 9.49. The van der Waals surface area contributed by atoms with Crippen molar-refractivity contribution in [2.75, 3.05) is 0 Å². The predicted octanol–water partition coefficient (Wildman–Crippen LogP) is 3.58. The number of halogens is 2. The first kappa shape index (κ1) is 15.5. The number of hydrogen-bond donors (Lipinski definition) is 2. The van der Waals surface area contributed by atoms with Crippen molar-refractivity contribution in [2.24, 2.45) is 5.92 Å². The minimum atomic E-state index is -0.830. The van der Waals surface area contributed by atoms with E-state index in [2.05, 4.69) is 37.2 Å². The van der Waals surface area contributed by atoms with Crippen LogP contribution >= 0.6 is 31.9 Å². The zero-order valence-electron chi connectivity index (χ0n) is 10.7. The summed E-state index contributed by atoms with van der Waals surface area (Å²) in [5, 5.41) is 12.1. The van der Waals surface area contributed by atoms with E-state index in [-0.39, 0.29) is 11.9 Å². The maximum Gasteiger partial charge on any atom is 0.308 e. The third-order valence-corrected chi connectivity index (χ3v) is 4.76. The van der Waals surface area contributed by atoms with E-state index < -0.39 is 11.9 Å². The summed E-state index contributed by atoms with van der Waals surface area (Å²) < 4.78 is 1.50. The summed E-state index contributed by atoms with van der Waals surface area (Å²) >= 11 is 6.67. The lowest BCUT2D eigenvalue weighted by Crippen LogP contribution is -2.45. The SMILES string of the molecule is O=C(NC1CCCCC1C(=O)O)c1cc(Br)ccc1Br. The molecule has 1 aliphatic rings. The molecule has 4 nitrogen and oxygen atoms in total. The second-order valence-electron chi connectivity index (χ2n) is 4.93. The van der Waals surface area contributed by atoms with Crippen LogP contribution in [0.1, 0.15) is 36.0 Å². The molecule has 108 valence electrons. The van der Waals surface area contributed by atoms with Gasteiger partial charge >= 0.3 is 5.97 Å². The molecule has 0 saturated heterocycles. The monoisotopic (exact) mass is 403 g/mol. The summed E-state index contributed by atoms with van der Waals surface area (Å²) in [6.07, 6.45) is 3.20. The molecular weight excluding hydrogens is 390 g/mol. The second kappa shape index (κ2) is 6.72. The van der Waals surface area contributed by atoms with Gasteiger partial charge in [-0.25, -0.2) is 0 Å². The highest BCUT2D eigenvalue weighted by Crippen LogP contribution is 2.26. The fraction of sp³-hybridized carbons (Fsp3) is 0.429. The van der Waals surface area contributed by atoms with Crippen LogP contribution in [0.15, 0.2) is 27.1 Å². The van der Waals surface area contributed by atoms with Crippen LogP contribution in [0.2, 0.25) is 0 Å². The zero-order valence-corrected chi connectivity index (χ0v) is 13.9. The van der Waals surface area contributed by atoms with Gasteiger partial charge in [0.1, 0.15) is 0 Å². The Morgan fingerprint density at radius 3 is 2.60 bits per heavy atom. The first-order valence-corrected chi connectivity index (χ1v) is 8.06. The molecule has 0 spiro atoms. The summed E-state index contributed by atoms with van der Waals surface area (Å²) in [5.74, 6) is -1.56. The van der Waals surface area contributed by atoms with Gasteiger partial charge in [0.2, 0.25) is 0 Å². The number of nitrogens with one attached hydrogen (secondary N) is 1. The summed E-state index contributed by atoms with van der Waals surface area (Å²) in [6, 6.07) is 5.05. The molecule has 2 unspecified atom stereocenters. The van der Waals surface area contributed by atoms with Crippen LogP contribution in [0.25, 0.3) is 0 Å². The first-order valence-electron chi connectivity index (χ1n) is 6.48. The Bertz CT molecular complexity index is 533. The molecule has 1 aromatic rings.